The molecule has 3 aromatic carbocycles. The zero-order valence-corrected chi connectivity index (χ0v) is 24.1. The van der Waals surface area contributed by atoms with Crippen molar-refractivity contribution in [3.63, 3.8) is 0 Å². The smallest absolute Gasteiger partial charge is 0.344 e. The lowest BCUT2D eigenvalue weighted by atomic mass is 10.1. The van der Waals surface area contributed by atoms with Crippen LogP contribution in [0.25, 0.3) is 6.08 Å². The number of methoxy groups -OCH3 is 1. The Morgan fingerprint density at radius 3 is 2.49 bits per heavy atom. The van der Waals surface area contributed by atoms with Crippen LogP contribution in [-0.2, 0) is 16.1 Å². The molecule has 1 N–H and O–H groups in total. The molecule has 0 saturated heterocycles. The van der Waals surface area contributed by atoms with Gasteiger partial charge in [0.2, 0.25) is 0 Å². The fourth-order valence-corrected chi connectivity index (χ4v) is 5.25. The Morgan fingerprint density at radius 2 is 1.79 bits per heavy atom. The number of carbonyl (C=O) groups excluding carboxylic acids is 2. The van der Waals surface area contributed by atoms with Crippen molar-refractivity contribution < 1.29 is 28.9 Å². The van der Waals surface area contributed by atoms with Crippen molar-refractivity contribution in [1.82, 2.24) is 0 Å². The van der Waals surface area contributed by atoms with Gasteiger partial charge in [0.25, 0.3) is 5.91 Å². The largest absolute Gasteiger partial charge is 0.506 e. The lowest BCUT2D eigenvalue weighted by Gasteiger charge is -2.13. The topological polar surface area (TPSA) is 94.4 Å². The first-order valence-corrected chi connectivity index (χ1v) is 13.7. The molecule has 0 spiro atoms. The highest BCUT2D eigenvalue weighted by Gasteiger charge is 2.34. The van der Waals surface area contributed by atoms with Gasteiger partial charge < -0.3 is 19.3 Å². The van der Waals surface area contributed by atoms with Gasteiger partial charge in [0.05, 0.1) is 29.2 Å². The molecular weight excluding hydrogens is 606 g/mol. The first-order valence-electron chi connectivity index (χ1n) is 11.7. The average molecular weight is 629 g/mol. The maximum Gasteiger partial charge on any atom is 0.344 e. The van der Waals surface area contributed by atoms with Gasteiger partial charge in [-0.3, -0.25) is 4.79 Å². The maximum atomic E-state index is 12.9. The number of rotatable bonds is 8. The van der Waals surface area contributed by atoms with Crippen molar-refractivity contribution in [2.45, 2.75) is 13.5 Å². The predicted octanol–water partition coefficient (Wildman–Crippen LogP) is 7.39. The normalized spacial score (nSPS) is 15.1. The van der Waals surface area contributed by atoms with Crippen molar-refractivity contribution in [3.8, 4) is 11.5 Å². The lowest BCUT2D eigenvalue weighted by Crippen LogP contribution is -2.14. The highest BCUT2D eigenvalue weighted by atomic mass is 79.9. The zero-order chi connectivity index (χ0) is 27.9. The van der Waals surface area contributed by atoms with Gasteiger partial charge in [-0.05, 0) is 48.4 Å². The van der Waals surface area contributed by atoms with E-state index in [1.165, 1.54) is 13.2 Å². The van der Waals surface area contributed by atoms with E-state index in [2.05, 4.69) is 20.9 Å². The molecule has 200 valence electrons. The van der Waals surface area contributed by atoms with Gasteiger partial charge in [-0.25, -0.2) is 9.79 Å². The second-order valence-electron chi connectivity index (χ2n) is 8.06. The van der Waals surface area contributed by atoms with Crippen LogP contribution in [0.3, 0.4) is 0 Å². The van der Waals surface area contributed by atoms with E-state index in [0.717, 1.165) is 17.3 Å². The molecule has 0 bridgehead atoms. The molecule has 0 aliphatic carbocycles. The highest BCUT2D eigenvalue weighted by Crippen LogP contribution is 2.42. The Bertz CT molecular complexity index is 1500. The number of aliphatic imine (C=N–C) groups is 1. The molecule has 7 nitrogen and oxygen atoms in total. The third-order valence-electron chi connectivity index (χ3n) is 5.48. The summed E-state index contributed by atoms with van der Waals surface area (Å²) in [7, 11) is 1.53. The number of hydrogen-bond acceptors (Lipinski definition) is 7. The van der Waals surface area contributed by atoms with Gasteiger partial charge >= 0.3 is 5.97 Å². The van der Waals surface area contributed by atoms with E-state index in [9.17, 15) is 14.7 Å². The number of aliphatic hydroxyl groups is 1. The van der Waals surface area contributed by atoms with Crippen LogP contribution in [0.5, 0.6) is 11.5 Å². The summed E-state index contributed by atoms with van der Waals surface area (Å²) in [6, 6.07) is 19.7. The molecule has 0 radical (unpaired) electrons. The number of halogens is 2. The van der Waals surface area contributed by atoms with Gasteiger partial charge in [-0.2, -0.15) is 0 Å². The van der Waals surface area contributed by atoms with E-state index in [4.69, 9.17) is 25.8 Å². The van der Waals surface area contributed by atoms with Crippen LogP contribution in [0.4, 0.5) is 0 Å². The second kappa shape index (κ2) is 13.0. The van der Waals surface area contributed by atoms with Gasteiger partial charge in [-0.1, -0.05) is 81.8 Å². The number of benzene rings is 3. The summed E-state index contributed by atoms with van der Waals surface area (Å²) in [5, 5.41) is 11.2. The van der Waals surface area contributed by atoms with Crippen LogP contribution in [-0.4, -0.2) is 35.7 Å². The van der Waals surface area contributed by atoms with Crippen LogP contribution in [0, 0.1) is 0 Å². The molecule has 10 heteroatoms. The monoisotopic (exact) mass is 627 g/mol. The molecule has 0 aromatic heterocycles. The van der Waals surface area contributed by atoms with E-state index < -0.39 is 11.9 Å². The van der Waals surface area contributed by atoms with Crippen LogP contribution >= 0.6 is 39.3 Å². The Kier molecular flexibility index (Phi) is 9.50. The van der Waals surface area contributed by atoms with Gasteiger partial charge in [0.1, 0.15) is 23.0 Å². The van der Waals surface area contributed by atoms with E-state index in [0.29, 0.717) is 33.0 Å². The summed E-state index contributed by atoms with van der Waals surface area (Å²) in [6.45, 7) is 2.08. The average Bonchev–Trinajstić information content (AvgIpc) is 3.23. The number of ether oxygens (including phenoxy) is 3. The summed E-state index contributed by atoms with van der Waals surface area (Å²) in [5.41, 5.74) is 1.61. The van der Waals surface area contributed by atoms with Crippen molar-refractivity contribution in [1.29, 1.82) is 0 Å². The van der Waals surface area contributed by atoms with E-state index in [1.54, 1.807) is 43.3 Å². The van der Waals surface area contributed by atoms with Gasteiger partial charge in [0.15, 0.2) is 11.5 Å². The molecule has 0 atom stereocenters. The Morgan fingerprint density at radius 1 is 1.08 bits per heavy atom. The van der Waals surface area contributed by atoms with Crippen LogP contribution < -0.4 is 9.47 Å². The summed E-state index contributed by atoms with van der Waals surface area (Å²) >= 11 is 10.7. The Labute approximate surface area is 243 Å². The minimum Gasteiger partial charge on any atom is -0.506 e. The van der Waals surface area contributed by atoms with Gasteiger partial charge in [0, 0.05) is 4.47 Å². The minimum absolute atomic E-state index is 0.00743. The minimum atomic E-state index is -0.794. The fraction of sp³-hybridized carbons (Fsp3) is 0.138. The number of amides is 1. The summed E-state index contributed by atoms with van der Waals surface area (Å²) in [4.78, 5) is 30.0. The molecule has 4 rings (SSSR count). The number of esters is 1. The predicted molar refractivity (Wildman–Crippen MR) is 157 cm³/mol. The van der Waals surface area contributed by atoms with Crippen molar-refractivity contribution >= 4 is 62.3 Å². The summed E-state index contributed by atoms with van der Waals surface area (Å²) < 4.78 is 17.3. The first kappa shape index (κ1) is 28.5. The molecule has 1 aliphatic rings. The Balaban J connectivity index is 1.68. The molecule has 39 heavy (non-hydrogen) atoms. The van der Waals surface area contributed by atoms with Gasteiger partial charge in [-0.15, -0.1) is 0 Å². The van der Waals surface area contributed by atoms with E-state index >= 15 is 0 Å². The fourth-order valence-electron chi connectivity index (χ4n) is 3.59. The van der Waals surface area contributed by atoms with Crippen LogP contribution in [0.1, 0.15) is 28.4 Å². The first-order chi connectivity index (χ1) is 18.8. The second-order valence-corrected chi connectivity index (χ2v) is 10.3. The quantitative estimate of drug-likeness (QED) is 0.260. The third-order valence-corrected chi connectivity index (χ3v) is 7.52. The molecule has 1 aliphatic heterocycles. The maximum absolute atomic E-state index is 12.9. The molecule has 0 fully saturated rings. The van der Waals surface area contributed by atoms with E-state index in [-0.39, 0.29) is 33.6 Å². The summed E-state index contributed by atoms with van der Waals surface area (Å²) in [5.74, 6) is -0.797. The lowest BCUT2D eigenvalue weighted by molar-refractivity contribution is -0.138. The van der Waals surface area contributed by atoms with Crippen LogP contribution in [0.15, 0.2) is 92.4 Å². The molecule has 0 unspecified atom stereocenters. The van der Waals surface area contributed by atoms with Crippen molar-refractivity contribution in [2.75, 3.05) is 13.7 Å². The highest BCUT2D eigenvalue weighted by molar-refractivity contribution is 9.10. The number of nitrogens with zero attached hydrogens (tertiary/aromatic N) is 1. The number of hydrogen-bond donors (Lipinski definition) is 1. The molecule has 3 aromatic rings. The van der Waals surface area contributed by atoms with Crippen molar-refractivity contribution in [2.24, 2.45) is 4.99 Å². The molecular formula is C29H23BrClNO6S. The standard InChI is InChI=1S/C29H23BrClNO6S/c1-3-37-29(35)25-26(33)24(39-28(25)32-27(34)19-11-7-8-12-21(19)31)14-18-13-22(36-2)23(15-20(18)30)38-16-17-9-5-4-6-10-17/h4-15,33H,3,16H2,1-2H3/b24-14-,32-28?. The van der Waals surface area contributed by atoms with E-state index in [1.807, 2.05) is 30.3 Å². The van der Waals surface area contributed by atoms with Crippen molar-refractivity contribution in [3.05, 3.63) is 109 Å². The Hall–Kier alpha value is -3.53. The summed E-state index contributed by atoms with van der Waals surface area (Å²) in [6.07, 6.45) is 1.65. The number of thioether (sulfide) groups is 1. The SMILES string of the molecule is CCOC(=O)C1=C(O)/C(=C/c2cc(OC)c(OCc3ccccc3)cc2Br)SC1=NC(=O)c1ccccc1Cl. The number of carbonyl (C=O) groups is 2. The molecule has 0 saturated carbocycles. The molecule has 1 heterocycles. The van der Waals surface area contributed by atoms with Crippen LogP contribution in [0.2, 0.25) is 5.02 Å². The zero-order valence-electron chi connectivity index (χ0n) is 20.9. The third kappa shape index (κ3) is 6.73. The molecule has 1 amide bonds. The number of aliphatic hydroxyl groups excluding tert-OH is 1.